The van der Waals surface area contributed by atoms with Gasteiger partial charge in [0.15, 0.2) is 0 Å². The quantitative estimate of drug-likeness (QED) is 0.313. The van der Waals surface area contributed by atoms with E-state index in [4.69, 9.17) is 29.6 Å². The summed E-state index contributed by atoms with van der Waals surface area (Å²) in [5.41, 5.74) is 0. The summed E-state index contributed by atoms with van der Waals surface area (Å²) in [6.45, 7) is 1.60. The first-order valence-corrected chi connectivity index (χ1v) is 8.57. The van der Waals surface area contributed by atoms with E-state index in [1.165, 1.54) is 0 Å². The monoisotopic (exact) mass is 331 g/mol. The third-order valence-corrected chi connectivity index (χ3v) is 4.57. The molecule has 110 valence electrons. The van der Waals surface area contributed by atoms with E-state index in [2.05, 4.69) is 4.31 Å². The fourth-order valence-corrected chi connectivity index (χ4v) is 3.27. The van der Waals surface area contributed by atoms with Crippen LogP contribution in [0.5, 0.6) is 0 Å². The van der Waals surface area contributed by atoms with Gasteiger partial charge in [-0.25, -0.2) is 13.7 Å². The maximum atomic E-state index is 10.5. The number of aliphatic carboxylic acids is 1. The highest BCUT2D eigenvalue weighted by atomic mass is 31.3. The molecule has 0 amide bonds. The zero-order valence-electron chi connectivity index (χ0n) is 8.77. The fourth-order valence-electron chi connectivity index (χ4n) is 0.327. The molecule has 0 bridgehead atoms. The van der Waals surface area contributed by atoms with Gasteiger partial charge in [0, 0.05) is 6.42 Å². The molecule has 0 saturated carbocycles. The second kappa shape index (κ2) is 7.46. The molecule has 15 heteroatoms. The van der Waals surface area contributed by atoms with Crippen LogP contribution in [0.25, 0.3) is 0 Å². The summed E-state index contributed by atoms with van der Waals surface area (Å²) in [6, 6.07) is 0. The summed E-state index contributed by atoms with van der Waals surface area (Å²) in [6.07, 6.45) is 0.222. The molecule has 0 aliphatic carbocycles. The predicted molar refractivity (Wildman–Crippen MR) is 56.1 cm³/mol. The Kier molecular flexibility index (Phi) is 8.38. The lowest BCUT2D eigenvalue weighted by Gasteiger charge is -2.13. The Bertz CT molecular complexity index is 378. The van der Waals surface area contributed by atoms with Gasteiger partial charge in [-0.15, -0.1) is 4.86 Å². The average molecular weight is 331 g/mol. The van der Waals surface area contributed by atoms with E-state index in [0.29, 0.717) is 4.86 Å². The minimum absolute atomic E-state index is 0.222. The highest BCUT2D eigenvalue weighted by molar-refractivity contribution is 7.70. The van der Waals surface area contributed by atoms with Crippen molar-refractivity contribution >= 4 is 29.3 Å². The van der Waals surface area contributed by atoms with E-state index in [1.807, 2.05) is 0 Å². The summed E-state index contributed by atoms with van der Waals surface area (Å²) < 4.78 is 33.7. The normalized spacial score (nSPS) is 15.2. The number of carboxylic acids is 1. The van der Waals surface area contributed by atoms with E-state index in [-0.39, 0.29) is 6.42 Å². The van der Waals surface area contributed by atoms with E-state index < -0.39 is 29.3 Å². The number of phosphoric acid groups is 1. The van der Waals surface area contributed by atoms with Gasteiger partial charge in [-0.1, -0.05) is 6.92 Å². The number of hydrogen-bond acceptors (Lipinski definition) is 5. The van der Waals surface area contributed by atoms with Gasteiger partial charge in [0.2, 0.25) is 0 Å². The van der Waals surface area contributed by atoms with Gasteiger partial charge < -0.3 is 29.6 Å². The van der Waals surface area contributed by atoms with Crippen molar-refractivity contribution in [1.82, 2.24) is 4.86 Å². The first-order valence-electron chi connectivity index (χ1n) is 3.85. The standard InChI is InChI=1S/C3H6O2.H6NO9P3/c1-2-3(4)5;2-11(3,4)1-12(5,6)10-13(7,8)9/h2H2,1H3,(H,4,5);(H2,7,8,9)(H4,1,2,3,4,5,6). The zero-order valence-corrected chi connectivity index (χ0v) is 11.5. The van der Waals surface area contributed by atoms with Gasteiger partial charge in [-0.3, -0.25) is 4.79 Å². The third kappa shape index (κ3) is 18.3. The molecule has 0 aliphatic heterocycles. The van der Waals surface area contributed by atoms with Crippen LogP contribution in [0.4, 0.5) is 0 Å². The van der Waals surface area contributed by atoms with Crippen molar-refractivity contribution in [1.29, 1.82) is 0 Å². The van der Waals surface area contributed by atoms with Crippen LogP contribution < -0.4 is 4.86 Å². The van der Waals surface area contributed by atoms with Crippen molar-refractivity contribution in [2.75, 3.05) is 0 Å². The highest BCUT2D eigenvalue weighted by Crippen LogP contribution is 2.58. The van der Waals surface area contributed by atoms with Gasteiger partial charge >= 0.3 is 29.3 Å². The third-order valence-electron chi connectivity index (χ3n) is 0.776. The van der Waals surface area contributed by atoms with Crippen molar-refractivity contribution in [3.05, 3.63) is 0 Å². The molecule has 0 heterocycles. The van der Waals surface area contributed by atoms with Crippen molar-refractivity contribution in [3.63, 3.8) is 0 Å². The number of nitrogens with one attached hydrogen (secondary N) is 1. The van der Waals surface area contributed by atoms with E-state index in [9.17, 15) is 18.5 Å². The molecular weight excluding hydrogens is 319 g/mol. The van der Waals surface area contributed by atoms with Crippen LogP contribution in [0.15, 0.2) is 0 Å². The Morgan fingerprint density at radius 3 is 1.61 bits per heavy atom. The molecular formula is C3H12NO11P3. The molecule has 0 saturated heterocycles. The molecule has 7 N–H and O–H groups in total. The van der Waals surface area contributed by atoms with E-state index in [0.717, 1.165) is 0 Å². The highest BCUT2D eigenvalue weighted by Gasteiger charge is 2.36. The second-order valence-electron chi connectivity index (χ2n) is 2.48. The summed E-state index contributed by atoms with van der Waals surface area (Å²) in [7, 11) is -15.6. The van der Waals surface area contributed by atoms with Crippen molar-refractivity contribution in [2.24, 2.45) is 0 Å². The number of rotatable bonds is 5. The van der Waals surface area contributed by atoms with Crippen LogP contribution in [-0.2, 0) is 22.8 Å². The summed E-state index contributed by atoms with van der Waals surface area (Å²) >= 11 is 0. The summed E-state index contributed by atoms with van der Waals surface area (Å²) in [4.78, 5) is 50.7. The largest absolute Gasteiger partial charge is 0.481 e. The SMILES string of the molecule is CCC(=O)O.O=P(O)(O)N[P@@](=O)(O)OP(=O)(O)O. The predicted octanol–water partition coefficient (Wildman–Crippen LogP) is -0.641. The minimum atomic E-state index is -5.29. The Balaban J connectivity index is 0. The number of hydrogen-bond donors (Lipinski definition) is 7. The Morgan fingerprint density at radius 2 is 1.44 bits per heavy atom. The molecule has 0 rings (SSSR count). The zero-order chi connectivity index (χ0) is 15.2. The van der Waals surface area contributed by atoms with Gasteiger partial charge in [0.05, 0.1) is 0 Å². The Labute approximate surface area is 101 Å². The Morgan fingerprint density at radius 1 is 1.11 bits per heavy atom. The van der Waals surface area contributed by atoms with Crippen molar-refractivity contribution in [2.45, 2.75) is 13.3 Å². The van der Waals surface area contributed by atoms with Crippen LogP contribution in [0.3, 0.4) is 0 Å². The van der Waals surface area contributed by atoms with Crippen molar-refractivity contribution in [3.8, 4) is 0 Å². The van der Waals surface area contributed by atoms with Crippen LogP contribution in [-0.4, -0.2) is 35.5 Å². The molecule has 1 atom stereocenters. The minimum Gasteiger partial charge on any atom is -0.481 e. The summed E-state index contributed by atoms with van der Waals surface area (Å²) in [5, 5.41) is 7.72. The molecule has 0 spiro atoms. The van der Waals surface area contributed by atoms with Gasteiger partial charge in [-0.05, 0) is 0 Å². The smallest absolute Gasteiger partial charge is 0.477 e. The molecule has 0 radical (unpaired) electrons. The van der Waals surface area contributed by atoms with E-state index >= 15 is 0 Å². The maximum Gasteiger partial charge on any atom is 0.477 e. The van der Waals surface area contributed by atoms with Crippen molar-refractivity contribution < 1.29 is 52.4 Å². The van der Waals surface area contributed by atoms with Crippen LogP contribution >= 0.6 is 23.3 Å². The fraction of sp³-hybridized carbons (Fsp3) is 0.667. The summed E-state index contributed by atoms with van der Waals surface area (Å²) in [5.74, 6) is -0.745. The van der Waals surface area contributed by atoms with Gasteiger partial charge in [0.25, 0.3) is 0 Å². The van der Waals surface area contributed by atoms with E-state index in [1.54, 1.807) is 6.92 Å². The van der Waals surface area contributed by atoms with Crippen LogP contribution in [0.1, 0.15) is 13.3 Å². The number of carboxylic acid groups (broad SMARTS) is 1. The molecule has 0 aliphatic rings. The average Bonchev–Trinajstić information content (AvgIpc) is 1.94. The van der Waals surface area contributed by atoms with Gasteiger partial charge in [0.1, 0.15) is 0 Å². The van der Waals surface area contributed by atoms with Crippen LogP contribution in [0, 0.1) is 0 Å². The number of carbonyl (C=O) groups is 1. The first-order chi connectivity index (χ1) is 7.68. The molecule has 0 aromatic rings. The molecule has 0 aromatic carbocycles. The molecule has 18 heavy (non-hydrogen) atoms. The lowest BCUT2D eigenvalue weighted by molar-refractivity contribution is -0.136. The molecule has 0 aromatic heterocycles. The lowest BCUT2D eigenvalue weighted by atomic mass is 10.5. The maximum absolute atomic E-state index is 10.5. The van der Waals surface area contributed by atoms with Gasteiger partial charge in [-0.2, -0.15) is 4.31 Å². The first kappa shape index (κ1) is 20.2. The lowest BCUT2D eigenvalue weighted by Crippen LogP contribution is -2.07. The molecule has 0 unspecified atom stereocenters. The van der Waals surface area contributed by atoms with Crippen LogP contribution in [0.2, 0.25) is 0 Å². The topological polar surface area (TPSA) is 211 Å². The molecule has 0 fully saturated rings. The second-order valence-corrected chi connectivity index (χ2v) is 7.05. The molecule has 12 nitrogen and oxygen atoms in total. The Hall–Kier alpha value is -0.120.